The molecule has 0 bridgehead atoms. The number of benzene rings is 3. The second-order valence-electron chi connectivity index (χ2n) is 8.18. The van der Waals surface area contributed by atoms with Gasteiger partial charge < -0.3 is 15.0 Å². The fourth-order valence-electron chi connectivity index (χ4n) is 4.48. The molecule has 0 saturated carbocycles. The van der Waals surface area contributed by atoms with E-state index in [0.29, 0.717) is 36.7 Å². The zero-order valence-electron chi connectivity index (χ0n) is 18.4. The molecule has 2 heterocycles. The summed E-state index contributed by atoms with van der Waals surface area (Å²) in [5.41, 5.74) is 3.01. The highest BCUT2D eigenvalue weighted by atomic mass is 32.2. The molecule has 3 aromatic carbocycles. The SMILES string of the molecule is COc1ccc2c(c1)CN(S(=O)(=O)c1cccc3ccccc13)CCC2NCc1cnc[nH]1. The lowest BCUT2D eigenvalue weighted by Crippen LogP contribution is -2.31. The molecule has 1 unspecified atom stereocenters. The Labute approximate surface area is 193 Å². The molecule has 170 valence electrons. The van der Waals surface area contributed by atoms with E-state index < -0.39 is 10.0 Å². The van der Waals surface area contributed by atoms with Gasteiger partial charge in [0.15, 0.2) is 0 Å². The molecule has 1 aromatic heterocycles. The number of hydrogen-bond donors (Lipinski definition) is 2. The van der Waals surface area contributed by atoms with Crippen LogP contribution in [0.15, 0.2) is 78.1 Å². The summed E-state index contributed by atoms with van der Waals surface area (Å²) >= 11 is 0. The van der Waals surface area contributed by atoms with Crippen LogP contribution in [0.2, 0.25) is 0 Å². The smallest absolute Gasteiger partial charge is 0.243 e. The van der Waals surface area contributed by atoms with Crippen LogP contribution in [0.3, 0.4) is 0 Å². The molecule has 7 nitrogen and oxygen atoms in total. The van der Waals surface area contributed by atoms with Gasteiger partial charge in [-0.25, -0.2) is 13.4 Å². The van der Waals surface area contributed by atoms with Gasteiger partial charge in [-0.2, -0.15) is 4.31 Å². The standard InChI is InChI=1S/C25H26N4O3S/c1-32-21-9-10-22-19(13-21)16-29(12-11-24(22)27-15-20-14-26-17-28-20)33(30,31)25-8-4-6-18-5-2-3-7-23(18)25/h2-10,13-14,17,24,27H,11-12,15-16H2,1H3,(H,26,28). The summed E-state index contributed by atoms with van der Waals surface area (Å²) in [5.74, 6) is 0.713. The molecule has 8 heteroatoms. The van der Waals surface area contributed by atoms with Crippen molar-refractivity contribution >= 4 is 20.8 Å². The number of aromatic amines is 1. The minimum absolute atomic E-state index is 0.00178. The van der Waals surface area contributed by atoms with Crippen molar-refractivity contribution in [2.24, 2.45) is 0 Å². The van der Waals surface area contributed by atoms with Gasteiger partial charge in [0.05, 0.1) is 18.3 Å². The van der Waals surface area contributed by atoms with Gasteiger partial charge in [-0.05, 0) is 41.1 Å². The largest absolute Gasteiger partial charge is 0.497 e. The van der Waals surface area contributed by atoms with Crippen LogP contribution < -0.4 is 10.1 Å². The van der Waals surface area contributed by atoms with Crippen molar-refractivity contribution in [3.63, 3.8) is 0 Å². The summed E-state index contributed by atoms with van der Waals surface area (Å²) in [6.45, 7) is 1.32. The number of methoxy groups -OCH3 is 1. The highest BCUT2D eigenvalue weighted by molar-refractivity contribution is 7.89. The lowest BCUT2D eigenvalue weighted by atomic mass is 9.99. The molecule has 5 rings (SSSR count). The molecule has 4 aromatic rings. The number of H-pyrrole nitrogens is 1. The number of ether oxygens (including phenoxy) is 1. The number of fused-ring (bicyclic) bond motifs is 2. The van der Waals surface area contributed by atoms with Crippen molar-refractivity contribution < 1.29 is 13.2 Å². The van der Waals surface area contributed by atoms with Gasteiger partial charge in [0.1, 0.15) is 5.75 Å². The van der Waals surface area contributed by atoms with Gasteiger partial charge in [-0.15, -0.1) is 0 Å². The molecule has 33 heavy (non-hydrogen) atoms. The maximum absolute atomic E-state index is 13.8. The van der Waals surface area contributed by atoms with E-state index in [9.17, 15) is 8.42 Å². The van der Waals surface area contributed by atoms with Crippen LogP contribution in [0, 0.1) is 0 Å². The van der Waals surface area contributed by atoms with Crippen molar-refractivity contribution in [3.05, 3.63) is 90.0 Å². The first kappa shape index (κ1) is 21.6. The van der Waals surface area contributed by atoms with Gasteiger partial charge in [-0.3, -0.25) is 0 Å². The first-order valence-corrected chi connectivity index (χ1v) is 12.4. The Kier molecular flexibility index (Phi) is 5.88. The van der Waals surface area contributed by atoms with Gasteiger partial charge in [-0.1, -0.05) is 42.5 Å². The van der Waals surface area contributed by atoms with Gasteiger partial charge >= 0.3 is 0 Å². The number of imidazole rings is 1. The minimum Gasteiger partial charge on any atom is -0.497 e. The van der Waals surface area contributed by atoms with Crippen molar-refractivity contribution in [1.29, 1.82) is 0 Å². The van der Waals surface area contributed by atoms with Crippen LogP contribution in [0.25, 0.3) is 10.8 Å². The van der Waals surface area contributed by atoms with E-state index in [4.69, 9.17) is 4.74 Å². The normalized spacial score (nSPS) is 16.9. The van der Waals surface area contributed by atoms with Crippen LogP contribution in [0.4, 0.5) is 0 Å². The molecule has 0 saturated heterocycles. The summed E-state index contributed by atoms with van der Waals surface area (Å²) in [4.78, 5) is 7.52. The number of sulfonamides is 1. The molecule has 0 spiro atoms. The third kappa shape index (κ3) is 4.25. The van der Waals surface area contributed by atoms with E-state index >= 15 is 0 Å². The number of hydrogen-bond acceptors (Lipinski definition) is 5. The van der Waals surface area contributed by atoms with Gasteiger partial charge in [0.25, 0.3) is 0 Å². The Morgan fingerprint density at radius 1 is 1.15 bits per heavy atom. The Balaban J connectivity index is 1.51. The summed E-state index contributed by atoms with van der Waals surface area (Å²) in [5, 5.41) is 5.22. The Hall–Kier alpha value is -3.20. The van der Waals surface area contributed by atoms with Crippen LogP contribution in [0.5, 0.6) is 5.75 Å². The average molecular weight is 463 g/mol. The van der Waals surface area contributed by atoms with Crippen LogP contribution in [0.1, 0.15) is 29.3 Å². The maximum atomic E-state index is 13.8. The monoisotopic (exact) mass is 462 g/mol. The minimum atomic E-state index is -3.71. The van der Waals surface area contributed by atoms with Gasteiger partial charge in [0.2, 0.25) is 10.0 Å². The molecule has 0 amide bonds. The quantitative estimate of drug-likeness (QED) is 0.452. The zero-order valence-corrected chi connectivity index (χ0v) is 19.2. The summed E-state index contributed by atoms with van der Waals surface area (Å²) < 4.78 is 34.7. The predicted octanol–water partition coefficient (Wildman–Crippen LogP) is 4.00. The summed E-state index contributed by atoms with van der Waals surface area (Å²) in [6, 6.07) is 18.9. The van der Waals surface area contributed by atoms with Crippen LogP contribution in [-0.4, -0.2) is 36.3 Å². The molecule has 2 N–H and O–H groups in total. The zero-order chi connectivity index (χ0) is 22.8. The van der Waals surface area contributed by atoms with E-state index in [-0.39, 0.29) is 6.04 Å². The fourth-order valence-corrected chi connectivity index (χ4v) is 6.12. The molecule has 0 aliphatic carbocycles. The lowest BCUT2D eigenvalue weighted by molar-refractivity contribution is 0.386. The molecular formula is C25H26N4O3S. The van der Waals surface area contributed by atoms with Crippen LogP contribution >= 0.6 is 0 Å². The van der Waals surface area contributed by atoms with Crippen molar-refractivity contribution in [1.82, 2.24) is 19.6 Å². The number of nitrogens with one attached hydrogen (secondary N) is 2. The molecule has 0 fully saturated rings. The second kappa shape index (κ2) is 8.97. The Bertz CT molecular complexity index is 1360. The maximum Gasteiger partial charge on any atom is 0.243 e. The molecule has 1 aliphatic heterocycles. The number of aromatic nitrogens is 2. The summed E-state index contributed by atoms with van der Waals surface area (Å²) in [7, 11) is -2.09. The van der Waals surface area contributed by atoms with E-state index in [1.54, 1.807) is 36.1 Å². The van der Waals surface area contributed by atoms with E-state index in [0.717, 1.165) is 27.6 Å². The highest BCUT2D eigenvalue weighted by Gasteiger charge is 2.31. The lowest BCUT2D eigenvalue weighted by Gasteiger charge is -2.22. The predicted molar refractivity (Wildman–Crippen MR) is 127 cm³/mol. The Morgan fingerprint density at radius 3 is 2.82 bits per heavy atom. The number of nitrogens with zero attached hydrogens (tertiary/aromatic N) is 2. The summed E-state index contributed by atoms with van der Waals surface area (Å²) in [6.07, 6.45) is 4.09. The topological polar surface area (TPSA) is 87.3 Å². The van der Waals surface area contributed by atoms with Crippen molar-refractivity contribution in [2.45, 2.75) is 30.4 Å². The van der Waals surface area contributed by atoms with E-state index in [2.05, 4.69) is 15.3 Å². The van der Waals surface area contributed by atoms with Gasteiger partial charge in [0, 0.05) is 43.0 Å². The molecule has 1 aliphatic rings. The third-order valence-corrected chi connectivity index (χ3v) is 8.10. The third-order valence-electron chi connectivity index (χ3n) is 6.20. The molecule has 0 radical (unpaired) electrons. The van der Waals surface area contributed by atoms with Crippen molar-refractivity contribution in [2.75, 3.05) is 13.7 Å². The average Bonchev–Trinajstić information content (AvgIpc) is 3.29. The fraction of sp³-hybridized carbons (Fsp3) is 0.240. The van der Waals surface area contributed by atoms with E-state index in [1.165, 1.54) is 0 Å². The van der Waals surface area contributed by atoms with Crippen LogP contribution in [-0.2, 0) is 23.1 Å². The number of rotatable bonds is 6. The Morgan fingerprint density at radius 2 is 2.00 bits per heavy atom. The molecule has 1 atom stereocenters. The first-order valence-electron chi connectivity index (χ1n) is 10.9. The molecular weight excluding hydrogens is 436 g/mol. The van der Waals surface area contributed by atoms with Crippen molar-refractivity contribution in [3.8, 4) is 5.75 Å². The highest BCUT2D eigenvalue weighted by Crippen LogP contribution is 2.34. The second-order valence-corrected chi connectivity index (χ2v) is 10.1. The first-order chi connectivity index (χ1) is 16.1. The van der Waals surface area contributed by atoms with E-state index in [1.807, 2.05) is 48.5 Å².